The minimum Gasteiger partial charge on any atom is -0.258 e. The van der Waals surface area contributed by atoms with Crippen molar-refractivity contribution >= 4 is 15.5 Å². The van der Waals surface area contributed by atoms with E-state index in [0.717, 1.165) is 30.3 Å². The predicted octanol–water partition coefficient (Wildman–Crippen LogP) is 2.85. The average molecular weight is 313 g/mol. The van der Waals surface area contributed by atoms with Crippen molar-refractivity contribution in [3.8, 4) is 0 Å². The summed E-state index contributed by atoms with van der Waals surface area (Å²) in [7, 11) is -4.16. The molecular weight excluding hydrogens is 304 g/mol. The van der Waals surface area contributed by atoms with E-state index in [9.17, 15) is 27.3 Å². The van der Waals surface area contributed by atoms with Crippen molar-refractivity contribution in [2.24, 2.45) is 0 Å². The van der Waals surface area contributed by atoms with Gasteiger partial charge in [0.25, 0.3) is 5.69 Å². The summed E-state index contributed by atoms with van der Waals surface area (Å²) in [6, 6.07) is 7.16. The molecule has 0 spiro atoms. The Morgan fingerprint density at radius 3 is 2.38 bits per heavy atom. The minimum atomic E-state index is -4.16. The molecule has 0 atom stereocenters. The lowest BCUT2D eigenvalue weighted by molar-refractivity contribution is -0.385. The van der Waals surface area contributed by atoms with Crippen LogP contribution in [0.3, 0.4) is 0 Å². The molecule has 0 fully saturated rings. The van der Waals surface area contributed by atoms with Gasteiger partial charge < -0.3 is 0 Å². The van der Waals surface area contributed by atoms with E-state index in [1.54, 1.807) is 0 Å². The fourth-order valence-electron chi connectivity index (χ4n) is 1.83. The van der Waals surface area contributed by atoms with Gasteiger partial charge in [0.1, 0.15) is 16.5 Å². The summed E-state index contributed by atoms with van der Waals surface area (Å²) < 4.78 is 51.0. The Hall–Kier alpha value is -2.35. The third kappa shape index (κ3) is 3.22. The zero-order valence-electron chi connectivity index (χ0n) is 10.5. The van der Waals surface area contributed by atoms with Crippen LogP contribution in [-0.4, -0.2) is 13.3 Å². The molecule has 2 aromatic rings. The van der Waals surface area contributed by atoms with E-state index in [4.69, 9.17) is 0 Å². The highest BCUT2D eigenvalue weighted by molar-refractivity contribution is 7.90. The van der Waals surface area contributed by atoms with E-state index >= 15 is 0 Å². The van der Waals surface area contributed by atoms with E-state index in [1.807, 2.05) is 0 Å². The molecule has 110 valence electrons. The number of rotatable bonds is 4. The molecule has 0 aliphatic carbocycles. The first-order chi connectivity index (χ1) is 9.81. The second-order valence-corrected chi connectivity index (χ2v) is 6.18. The van der Waals surface area contributed by atoms with Crippen molar-refractivity contribution < 1.29 is 22.1 Å². The second-order valence-electron chi connectivity index (χ2n) is 4.22. The Morgan fingerprint density at radius 1 is 1.10 bits per heavy atom. The van der Waals surface area contributed by atoms with Gasteiger partial charge in [0.2, 0.25) is 0 Å². The molecule has 0 unspecified atom stereocenters. The van der Waals surface area contributed by atoms with Crippen LogP contribution in [0.4, 0.5) is 14.5 Å². The highest BCUT2D eigenvalue weighted by Gasteiger charge is 2.24. The smallest absolute Gasteiger partial charge is 0.258 e. The van der Waals surface area contributed by atoms with Crippen molar-refractivity contribution in [1.82, 2.24) is 0 Å². The lowest BCUT2D eigenvalue weighted by Gasteiger charge is -2.06. The summed E-state index contributed by atoms with van der Waals surface area (Å²) in [5.74, 6) is -2.63. The maximum absolute atomic E-state index is 13.5. The number of nitrogens with zero attached hydrogens (tertiary/aromatic N) is 1. The van der Waals surface area contributed by atoms with Gasteiger partial charge in [-0.1, -0.05) is 12.1 Å². The van der Waals surface area contributed by atoms with Crippen molar-refractivity contribution in [3.63, 3.8) is 0 Å². The largest absolute Gasteiger partial charge is 0.273 e. The van der Waals surface area contributed by atoms with E-state index < -0.39 is 42.7 Å². The van der Waals surface area contributed by atoms with Gasteiger partial charge >= 0.3 is 0 Å². The number of sulfone groups is 1. The monoisotopic (exact) mass is 313 g/mol. The van der Waals surface area contributed by atoms with E-state index in [0.29, 0.717) is 0 Å². The van der Waals surface area contributed by atoms with Gasteiger partial charge in [-0.25, -0.2) is 17.2 Å². The summed E-state index contributed by atoms with van der Waals surface area (Å²) in [5.41, 5.74) is -0.862. The summed E-state index contributed by atoms with van der Waals surface area (Å²) in [6.45, 7) is 0. The molecule has 0 aliphatic rings. The molecule has 21 heavy (non-hydrogen) atoms. The van der Waals surface area contributed by atoms with Gasteiger partial charge in [0.15, 0.2) is 9.84 Å². The van der Waals surface area contributed by atoms with Gasteiger partial charge in [-0.05, 0) is 24.3 Å². The van der Waals surface area contributed by atoms with Crippen LogP contribution in [0.25, 0.3) is 0 Å². The van der Waals surface area contributed by atoms with E-state index in [-0.39, 0.29) is 5.56 Å². The average Bonchev–Trinajstić information content (AvgIpc) is 2.38. The molecule has 0 aliphatic heterocycles. The normalized spacial score (nSPS) is 11.3. The standard InChI is InChI=1S/C13H9F2NO4S/c14-10-5-6-12(16(17)18)9(7-10)8-21(19,20)13-4-2-1-3-11(13)15/h1-7H,8H2. The summed E-state index contributed by atoms with van der Waals surface area (Å²) in [6.07, 6.45) is 0. The molecule has 0 saturated carbocycles. The molecular formula is C13H9F2NO4S. The number of hydrogen-bond acceptors (Lipinski definition) is 4. The van der Waals surface area contributed by atoms with Crippen LogP contribution in [0.5, 0.6) is 0 Å². The topological polar surface area (TPSA) is 77.3 Å². The van der Waals surface area contributed by atoms with Crippen molar-refractivity contribution in [3.05, 3.63) is 69.8 Å². The molecule has 2 aromatic carbocycles. The molecule has 0 amide bonds. The third-order valence-electron chi connectivity index (χ3n) is 2.76. The Labute approximate surface area is 118 Å². The van der Waals surface area contributed by atoms with Gasteiger partial charge in [-0.2, -0.15) is 0 Å². The summed E-state index contributed by atoms with van der Waals surface area (Å²) in [4.78, 5) is 9.44. The maximum atomic E-state index is 13.5. The molecule has 0 radical (unpaired) electrons. The van der Waals surface area contributed by atoms with Crippen molar-refractivity contribution in [2.75, 3.05) is 0 Å². The minimum absolute atomic E-state index is 0.330. The predicted molar refractivity (Wildman–Crippen MR) is 70.3 cm³/mol. The first kappa shape index (κ1) is 15.0. The van der Waals surface area contributed by atoms with Crippen LogP contribution in [0.15, 0.2) is 47.4 Å². The number of hydrogen-bond donors (Lipinski definition) is 0. The number of nitro benzene ring substituents is 1. The van der Waals surface area contributed by atoms with Gasteiger partial charge in [-0.15, -0.1) is 0 Å². The van der Waals surface area contributed by atoms with Gasteiger partial charge in [0.05, 0.1) is 10.7 Å². The Bertz CT molecular complexity index is 806. The first-order valence-corrected chi connectivity index (χ1v) is 7.36. The highest BCUT2D eigenvalue weighted by atomic mass is 32.2. The SMILES string of the molecule is O=[N+]([O-])c1ccc(F)cc1CS(=O)(=O)c1ccccc1F. The Morgan fingerprint density at radius 2 is 1.76 bits per heavy atom. The molecule has 8 heteroatoms. The molecule has 2 rings (SSSR count). The zero-order valence-corrected chi connectivity index (χ0v) is 11.3. The Balaban J connectivity index is 2.49. The van der Waals surface area contributed by atoms with Crippen LogP contribution < -0.4 is 0 Å². The van der Waals surface area contributed by atoms with Crippen LogP contribution in [0.2, 0.25) is 0 Å². The third-order valence-corrected chi connectivity index (χ3v) is 4.45. The van der Waals surface area contributed by atoms with E-state index in [2.05, 4.69) is 0 Å². The Kier molecular flexibility index (Phi) is 3.99. The molecule has 0 heterocycles. The zero-order chi connectivity index (χ0) is 15.6. The van der Waals surface area contributed by atoms with Crippen LogP contribution in [0, 0.1) is 21.7 Å². The van der Waals surface area contributed by atoms with Crippen molar-refractivity contribution in [2.45, 2.75) is 10.6 Å². The summed E-state index contributed by atoms with van der Waals surface area (Å²) >= 11 is 0. The van der Waals surface area contributed by atoms with Crippen LogP contribution in [-0.2, 0) is 15.6 Å². The second kappa shape index (κ2) is 5.57. The molecule has 0 bridgehead atoms. The van der Waals surface area contributed by atoms with Crippen LogP contribution >= 0.6 is 0 Å². The molecule has 0 N–H and O–H groups in total. The van der Waals surface area contributed by atoms with Gasteiger partial charge in [-0.3, -0.25) is 10.1 Å². The van der Waals surface area contributed by atoms with Crippen LogP contribution in [0.1, 0.15) is 5.56 Å². The molecule has 0 saturated heterocycles. The highest BCUT2D eigenvalue weighted by Crippen LogP contribution is 2.25. The van der Waals surface area contributed by atoms with Gasteiger partial charge in [0, 0.05) is 11.6 Å². The first-order valence-electron chi connectivity index (χ1n) is 5.71. The number of nitro groups is 1. The lowest BCUT2D eigenvalue weighted by atomic mass is 10.2. The number of benzene rings is 2. The number of halogens is 2. The fraction of sp³-hybridized carbons (Fsp3) is 0.0769. The molecule has 0 aromatic heterocycles. The summed E-state index contributed by atoms with van der Waals surface area (Å²) in [5, 5.41) is 10.8. The fourth-order valence-corrected chi connectivity index (χ4v) is 3.27. The molecule has 5 nitrogen and oxygen atoms in total. The quantitative estimate of drug-likeness (QED) is 0.642. The lowest BCUT2D eigenvalue weighted by Crippen LogP contribution is -2.09. The van der Waals surface area contributed by atoms with E-state index in [1.165, 1.54) is 12.1 Å². The maximum Gasteiger partial charge on any atom is 0.273 e. The van der Waals surface area contributed by atoms with Crippen molar-refractivity contribution in [1.29, 1.82) is 0 Å².